The van der Waals surface area contributed by atoms with Gasteiger partial charge in [-0.05, 0) is 39.0 Å². The number of amides is 1. The summed E-state index contributed by atoms with van der Waals surface area (Å²) >= 11 is 0. The molecular formula is C23H44IN5O2. The van der Waals surface area contributed by atoms with E-state index in [1.54, 1.807) is 0 Å². The van der Waals surface area contributed by atoms with Crippen LogP contribution in [0.3, 0.4) is 0 Å². The van der Waals surface area contributed by atoms with Crippen molar-refractivity contribution in [1.29, 1.82) is 0 Å². The second-order valence-electron chi connectivity index (χ2n) is 8.97. The van der Waals surface area contributed by atoms with E-state index in [9.17, 15) is 4.79 Å². The standard InChI is InChI=1S/C23H43N5O2.HI/c1-2-24-23(25-12-7-19-30-21-10-4-3-5-11-21)26-13-14-27-15-17-28(18-16-27)22(29)20-8-6-9-20;/h20-21H,2-19H2,1H3,(H2,24,25,26);1H. The number of nitrogens with zero attached hydrogens (tertiary/aromatic N) is 3. The van der Waals surface area contributed by atoms with Gasteiger partial charge in [0, 0.05) is 64.9 Å². The molecule has 0 bridgehead atoms. The smallest absolute Gasteiger partial charge is 0.225 e. The third kappa shape index (κ3) is 9.42. The third-order valence-electron chi connectivity index (χ3n) is 6.68. The Bertz CT molecular complexity index is 530. The fourth-order valence-electron chi connectivity index (χ4n) is 4.52. The highest BCUT2D eigenvalue weighted by molar-refractivity contribution is 14.0. The lowest BCUT2D eigenvalue weighted by molar-refractivity contribution is -0.139. The molecule has 1 aliphatic heterocycles. The predicted molar refractivity (Wildman–Crippen MR) is 137 cm³/mol. The molecule has 3 fully saturated rings. The van der Waals surface area contributed by atoms with E-state index in [4.69, 9.17) is 9.73 Å². The van der Waals surface area contributed by atoms with Gasteiger partial charge < -0.3 is 20.3 Å². The van der Waals surface area contributed by atoms with Gasteiger partial charge in [0.2, 0.25) is 5.91 Å². The van der Waals surface area contributed by atoms with Crippen molar-refractivity contribution in [2.75, 3.05) is 59.0 Å². The van der Waals surface area contributed by atoms with Crippen LogP contribution in [0.2, 0.25) is 0 Å². The van der Waals surface area contributed by atoms with E-state index in [2.05, 4.69) is 27.4 Å². The van der Waals surface area contributed by atoms with E-state index in [0.29, 0.717) is 17.9 Å². The summed E-state index contributed by atoms with van der Waals surface area (Å²) in [5.74, 6) is 1.62. The molecule has 1 saturated heterocycles. The van der Waals surface area contributed by atoms with Gasteiger partial charge >= 0.3 is 0 Å². The molecule has 2 saturated carbocycles. The van der Waals surface area contributed by atoms with Gasteiger partial charge in [0.25, 0.3) is 0 Å². The number of nitrogens with one attached hydrogen (secondary N) is 2. The summed E-state index contributed by atoms with van der Waals surface area (Å²) in [5.41, 5.74) is 0. The minimum Gasteiger partial charge on any atom is -0.378 e. The Hall–Kier alpha value is -0.610. The van der Waals surface area contributed by atoms with E-state index in [0.717, 1.165) is 84.2 Å². The Morgan fingerprint density at radius 3 is 2.39 bits per heavy atom. The van der Waals surface area contributed by atoms with Crippen molar-refractivity contribution < 1.29 is 9.53 Å². The minimum atomic E-state index is 0. The lowest BCUT2D eigenvalue weighted by atomic mass is 9.84. The first-order valence-electron chi connectivity index (χ1n) is 12.4. The van der Waals surface area contributed by atoms with Crippen LogP contribution < -0.4 is 10.6 Å². The average molecular weight is 550 g/mol. The lowest BCUT2D eigenvalue weighted by Gasteiger charge is -2.38. The van der Waals surface area contributed by atoms with Crippen molar-refractivity contribution >= 4 is 35.8 Å². The number of carbonyl (C=O) groups excluding carboxylic acids is 1. The molecule has 180 valence electrons. The fourth-order valence-corrected chi connectivity index (χ4v) is 4.52. The summed E-state index contributed by atoms with van der Waals surface area (Å²) < 4.78 is 5.99. The molecule has 2 N–H and O–H groups in total. The number of carbonyl (C=O) groups is 1. The maximum absolute atomic E-state index is 12.4. The zero-order valence-electron chi connectivity index (χ0n) is 19.4. The molecule has 0 atom stereocenters. The molecule has 0 spiro atoms. The van der Waals surface area contributed by atoms with Crippen LogP contribution in [0.1, 0.15) is 64.7 Å². The van der Waals surface area contributed by atoms with Crippen LogP contribution >= 0.6 is 24.0 Å². The van der Waals surface area contributed by atoms with E-state index in [1.807, 2.05) is 0 Å². The van der Waals surface area contributed by atoms with Crippen LogP contribution in [0.5, 0.6) is 0 Å². The number of ether oxygens (including phenoxy) is 1. The van der Waals surface area contributed by atoms with Gasteiger partial charge in [-0.25, -0.2) is 0 Å². The third-order valence-corrected chi connectivity index (χ3v) is 6.68. The molecular weight excluding hydrogens is 505 g/mol. The van der Waals surface area contributed by atoms with E-state index in [1.165, 1.54) is 38.5 Å². The molecule has 8 heteroatoms. The molecule has 0 radical (unpaired) electrons. The van der Waals surface area contributed by atoms with Crippen molar-refractivity contribution in [3.05, 3.63) is 0 Å². The molecule has 0 aromatic carbocycles. The molecule has 2 aliphatic carbocycles. The molecule has 3 rings (SSSR count). The van der Waals surface area contributed by atoms with Crippen molar-refractivity contribution in [2.45, 2.75) is 70.8 Å². The summed E-state index contributed by atoms with van der Waals surface area (Å²) in [6.45, 7) is 10.2. The average Bonchev–Trinajstić information content (AvgIpc) is 2.73. The number of hydrogen-bond acceptors (Lipinski definition) is 4. The summed E-state index contributed by atoms with van der Waals surface area (Å²) in [6.07, 6.45) is 11.4. The molecule has 31 heavy (non-hydrogen) atoms. The van der Waals surface area contributed by atoms with Crippen LogP contribution in [-0.2, 0) is 9.53 Å². The summed E-state index contributed by atoms with van der Waals surface area (Å²) in [7, 11) is 0. The summed E-state index contributed by atoms with van der Waals surface area (Å²) in [5, 5.41) is 6.79. The SMILES string of the molecule is CCNC(=NCCCOC1CCCCC1)NCCN1CCN(C(=O)C2CCC2)CC1.I. The van der Waals surface area contributed by atoms with Crippen molar-refractivity contribution in [3.63, 3.8) is 0 Å². The summed E-state index contributed by atoms with van der Waals surface area (Å²) in [4.78, 5) is 21.6. The van der Waals surface area contributed by atoms with Crippen molar-refractivity contribution in [1.82, 2.24) is 20.4 Å². The molecule has 0 aromatic rings. The maximum atomic E-state index is 12.4. The van der Waals surface area contributed by atoms with Crippen LogP contribution in [0, 0.1) is 5.92 Å². The van der Waals surface area contributed by atoms with E-state index < -0.39 is 0 Å². The van der Waals surface area contributed by atoms with Gasteiger partial charge in [0.05, 0.1) is 6.10 Å². The zero-order chi connectivity index (χ0) is 21.0. The largest absolute Gasteiger partial charge is 0.378 e. The number of aliphatic imine (C=N–C) groups is 1. The monoisotopic (exact) mass is 549 g/mol. The highest BCUT2D eigenvalue weighted by atomic mass is 127. The highest BCUT2D eigenvalue weighted by Gasteiger charge is 2.31. The van der Waals surface area contributed by atoms with E-state index in [-0.39, 0.29) is 24.0 Å². The van der Waals surface area contributed by atoms with Gasteiger partial charge in [0.1, 0.15) is 0 Å². The normalized spacial score (nSPS) is 21.3. The van der Waals surface area contributed by atoms with E-state index >= 15 is 0 Å². The highest BCUT2D eigenvalue weighted by Crippen LogP contribution is 2.28. The first-order valence-corrected chi connectivity index (χ1v) is 12.4. The molecule has 1 amide bonds. The number of guanidine groups is 1. The summed E-state index contributed by atoms with van der Waals surface area (Å²) in [6, 6.07) is 0. The number of rotatable bonds is 10. The predicted octanol–water partition coefficient (Wildman–Crippen LogP) is 2.84. The van der Waals surface area contributed by atoms with Crippen LogP contribution in [0.15, 0.2) is 4.99 Å². The molecule has 3 aliphatic rings. The van der Waals surface area contributed by atoms with Gasteiger partial charge in [-0.3, -0.25) is 14.7 Å². The van der Waals surface area contributed by atoms with Gasteiger partial charge in [-0.1, -0.05) is 25.7 Å². The van der Waals surface area contributed by atoms with Crippen molar-refractivity contribution in [2.24, 2.45) is 10.9 Å². The second-order valence-corrected chi connectivity index (χ2v) is 8.97. The van der Waals surface area contributed by atoms with Gasteiger partial charge in [-0.15, -0.1) is 24.0 Å². The topological polar surface area (TPSA) is 69.2 Å². The van der Waals surface area contributed by atoms with Crippen LogP contribution in [-0.4, -0.2) is 86.7 Å². The first kappa shape index (κ1) is 26.6. The minimum absolute atomic E-state index is 0. The fraction of sp³-hybridized carbons (Fsp3) is 0.913. The maximum Gasteiger partial charge on any atom is 0.225 e. The number of piperazine rings is 1. The number of hydrogen-bond donors (Lipinski definition) is 2. The van der Waals surface area contributed by atoms with Crippen molar-refractivity contribution in [3.8, 4) is 0 Å². The molecule has 0 aromatic heterocycles. The van der Waals surface area contributed by atoms with Gasteiger partial charge in [-0.2, -0.15) is 0 Å². The quantitative estimate of drug-likeness (QED) is 0.190. The lowest BCUT2D eigenvalue weighted by Crippen LogP contribution is -2.52. The first-order chi connectivity index (χ1) is 14.8. The Morgan fingerprint density at radius 2 is 1.74 bits per heavy atom. The Morgan fingerprint density at radius 1 is 1.00 bits per heavy atom. The number of halogens is 1. The Labute approximate surface area is 206 Å². The molecule has 7 nitrogen and oxygen atoms in total. The van der Waals surface area contributed by atoms with Crippen LogP contribution in [0.4, 0.5) is 0 Å². The van der Waals surface area contributed by atoms with Crippen LogP contribution in [0.25, 0.3) is 0 Å². The Kier molecular flexibility index (Phi) is 13.1. The molecule has 1 heterocycles. The van der Waals surface area contributed by atoms with Gasteiger partial charge in [0.15, 0.2) is 5.96 Å². The molecule has 0 unspecified atom stereocenters. The Balaban J connectivity index is 0.00000341. The second kappa shape index (κ2) is 15.3. The zero-order valence-corrected chi connectivity index (χ0v) is 21.8.